The Bertz CT molecular complexity index is 457. The standard InChI is InChI=1S/C16H23NO3/c1-11-9-19-15-5-4-12(7-16(15)20-10-11)14(17)8-13-3-2-6-18-13/h4-5,7,11,13-14H,2-3,6,8-10,17H2,1H3. The van der Waals surface area contributed by atoms with Gasteiger partial charge >= 0.3 is 0 Å². The van der Waals surface area contributed by atoms with Gasteiger partial charge in [-0.25, -0.2) is 0 Å². The van der Waals surface area contributed by atoms with Crippen molar-refractivity contribution in [2.45, 2.75) is 38.3 Å². The van der Waals surface area contributed by atoms with Crippen LogP contribution < -0.4 is 15.2 Å². The second-order valence-corrected chi connectivity index (χ2v) is 5.91. The summed E-state index contributed by atoms with van der Waals surface area (Å²) in [5, 5.41) is 0. The van der Waals surface area contributed by atoms with E-state index in [-0.39, 0.29) is 6.04 Å². The first-order chi connectivity index (χ1) is 9.72. The number of fused-ring (bicyclic) bond motifs is 1. The minimum Gasteiger partial charge on any atom is -0.489 e. The third kappa shape index (κ3) is 3.07. The summed E-state index contributed by atoms with van der Waals surface area (Å²) in [7, 11) is 0. The molecule has 3 rings (SSSR count). The van der Waals surface area contributed by atoms with Gasteiger partial charge in [0.1, 0.15) is 0 Å². The number of benzene rings is 1. The highest BCUT2D eigenvalue weighted by molar-refractivity contribution is 5.44. The molecule has 1 aromatic rings. The molecule has 4 heteroatoms. The molecule has 3 atom stereocenters. The number of hydrogen-bond donors (Lipinski definition) is 1. The molecule has 0 aromatic heterocycles. The molecule has 110 valence electrons. The van der Waals surface area contributed by atoms with E-state index >= 15 is 0 Å². The van der Waals surface area contributed by atoms with E-state index in [1.54, 1.807) is 0 Å². The maximum absolute atomic E-state index is 6.30. The molecule has 2 heterocycles. The van der Waals surface area contributed by atoms with Crippen LogP contribution in [-0.2, 0) is 4.74 Å². The van der Waals surface area contributed by atoms with Crippen LogP contribution in [0, 0.1) is 5.92 Å². The quantitative estimate of drug-likeness (QED) is 0.923. The second kappa shape index (κ2) is 6.02. The Morgan fingerprint density at radius 2 is 2.05 bits per heavy atom. The highest BCUT2D eigenvalue weighted by atomic mass is 16.5. The summed E-state index contributed by atoms with van der Waals surface area (Å²) < 4.78 is 17.2. The number of ether oxygens (including phenoxy) is 3. The summed E-state index contributed by atoms with van der Waals surface area (Å²) in [4.78, 5) is 0. The van der Waals surface area contributed by atoms with Gasteiger partial charge in [0.15, 0.2) is 11.5 Å². The van der Waals surface area contributed by atoms with Gasteiger partial charge in [0.05, 0.1) is 19.3 Å². The van der Waals surface area contributed by atoms with Crippen LogP contribution in [0.15, 0.2) is 18.2 Å². The molecule has 4 nitrogen and oxygen atoms in total. The Labute approximate surface area is 120 Å². The predicted molar refractivity (Wildman–Crippen MR) is 77.1 cm³/mol. The highest BCUT2D eigenvalue weighted by Crippen LogP contribution is 2.34. The van der Waals surface area contributed by atoms with Crippen LogP contribution in [-0.4, -0.2) is 25.9 Å². The Balaban J connectivity index is 1.71. The van der Waals surface area contributed by atoms with E-state index in [4.69, 9.17) is 19.9 Å². The molecule has 2 aliphatic rings. The molecule has 2 N–H and O–H groups in total. The van der Waals surface area contributed by atoms with Gasteiger partial charge in [-0.1, -0.05) is 13.0 Å². The van der Waals surface area contributed by atoms with E-state index in [0.29, 0.717) is 25.2 Å². The fourth-order valence-electron chi connectivity index (χ4n) is 2.75. The van der Waals surface area contributed by atoms with Crippen molar-refractivity contribution in [2.24, 2.45) is 11.7 Å². The fourth-order valence-corrected chi connectivity index (χ4v) is 2.75. The molecular formula is C16H23NO3. The third-order valence-corrected chi connectivity index (χ3v) is 3.98. The van der Waals surface area contributed by atoms with Crippen molar-refractivity contribution in [3.05, 3.63) is 23.8 Å². The van der Waals surface area contributed by atoms with Crippen LogP contribution in [0.4, 0.5) is 0 Å². The zero-order valence-electron chi connectivity index (χ0n) is 12.0. The summed E-state index contributed by atoms with van der Waals surface area (Å²) in [5.74, 6) is 2.04. The summed E-state index contributed by atoms with van der Waals surface area (Å²) in [6.45, 7) is 4.39. The normalized spacial score (nSPS) is 27.1. The van der Waals surface area contributed by atoms with Crippen LogP contribution in [0.1, 0.15) is 37.8 Å². The molecule has 1 aromatic carbocycles. The smallest absolute Gasteiger partial charge is 0.161 e. The SMILES string of the molecule is CC1COc2ccc(C(N)CC3CCCO3)cc2OC1. The lowest BCUT2D eigenvalue weighted by atomic mass is 10.00. The second-order valence-electron chi connectivity index (χ2n) is 5.91. The van der Waals surface area contributed by atoms with Crippen LogP contribution >= 0.6 is 0 Å². The van der Waals surface area contributed by atoms with Crippen molar-refractivity contribution < 1.29 is 14.2 Å². The third-order valence-electron chi connectivity index (χ3n) is 3.98. The van der Waals surface area contributed by atoms with E-state index in [1.165, 1.54) is 0 Å². The average molecular weight is 277 g/mol. The van der Waals surface area contributed by atoms with Crippen molar-refractivity contribution in [3.8, 4) is 11.5 Å². The monoisotopic (exact) mass is 277 g/mol. The number of nitrogens with two attached hydrogens (primary N) is 1. The van der Waals surface area contributed by atoms with Crippen molar-refractivity contribution in [1.29, 1.82) is 0 Å². The Kier molecular flexibility index (Phi) is 4.13. The van der Waals surface area contributed by atoms with E-state index in [2.05, 4.69) is 6.92 Å². The first-order valence-electron chi connectivity index (χ1n) is 7.49. The lowest BCUT2D eigenvalue weighted by Gasteiger charge is -2.18. The summed E-state index contributed by atoms with van der Waals surface area (Å²) in [6, 6.07) is 6.02. The number of hydrogen-bond acceptors (Lipinski definition) is 4. The van der Waals surface area contributed by atoms with E-state index < -0.39 is 0 Å². The van der Waals surface area contributed by atoms with Crippen molar-refractivity contribution in [3.63, 3.8) is 0 Å². The first kappa shape index (κ1) is 13.7. The first-order valence-corrected chi connectivity index (χ1v) is 7.49. The molecule has 2 aliphatic heterocycles. The largest absolute Gasteiger partial charge is 0.489 e. The van der Waals surface area contributed by atoms with Crippen molar-refractivity contribution >= 4 is 0 Å². The van der Waals surface area contributed by atoms with Crippen LogP contribution in [0.25, 0.3) is 0 Å². The van der Waals surface area contributed by atoms with E-state index in [1.807, 2.05) is 18.2 Å². The molecule has 0 radical (unpaired) electrons. The van der Waals surface area contributed by atoms with Gasteiger partial charge in [0.2, 0.25) is 0 Å². The molecule has 0 bridgehead atoms. The van der Waals surface area contributed by atoms with Crippen molar-refractivity contribution in [2.75, 3.05) is 19.8 Å². The number of rotatable bonds is 3. The molecule has 1 fully saturated rings. The van der Waals surface area contributed by atoms with Crippen LogP contribution in [0.2, 0.25) is 0 Å². The highest BCUT2D eigenvalue weighted by Gasteiger charge is 2.21. The van der Waals surface area contributed by atoms with E-state index in [9.17, 15) is 0 Å². The van der Waals surface area contributed by atoms with Gasteiger partial charge in [0, 0.05) is 18.6 Å². The maximum Gasteiger partial charge on any atom is 0.161 e. The summed E-state index contributed by atoms with van der Waals surface area (Å²) in [6.07, 6.45) is 3.45. The van der Waals surface area contributed by atoms with Gasteiger partial charge < -0.3 is 19.9 Å². The molecule has 1 saturated heterocycles. The Morgan fingerprint density at radius 1 is 1.25 bits per heavy atom. The fraction of sp³-hybridized carbons (Fsp3) is 0.625. The van der Waals surface area contributed by atoms with Gasteiger partial charge in [-0.15, -0.1) is 0 Å². The molecule has 0 aliphatic carbocycles. The van der Waals surface area contributed by atoms with Gasteiger partial charge in [-0.05, 0) is 37.0 Å². The summed E-state index contributed by atoms with van der Waals surface area (Å²) in [5.41, 5.74) is 7.39. The minimum atomic E-state index is -0.00678. The van der Waals surface area contributed by atoms with Gasteiger partial charge in [-0.3, -0.25) is 0 Å². The zero-order valence-corrected chi connectivity index (χ0v) is 12.0. The molecule has 0 amide bonds. The maximum atomic E-state index is 6.30. The average Bonchev–Trinajstić information content (AvgIpc) is 2.88. The minimum absolute atomic E-state index is 0.00678. The van der Waals surface area contributed by atoms with Gasteiger partial charge in [0.25, 0.3) is 0 Å². The van der Waals surface area contributed by atoms with Crippen molar-refractivity contribution in [1.82, 2.24) is 0 Å². The zero-order chi connectivity index (χ0) is 13.9. The van der Waals surface area contributed by atoms with Crippen LogP contribution in [0.5, 0.6) is 11.5 Å². The molecule has 3 unspecified atom stereocenters. The Morgan fingerprint density at radius 3 is 2.80 bits per heavy atom. The lowest BCUT2D eigenvalue weighted by molar-refractivity contribution is 0.0983. The van der Waals surface area contributed by atoms with Crippen LogP contribution in [0.3, 0.4) is 0 Å². The van der Waals surface area contributed by atoms with Gasteiger partial charge in [-0.2, -0.15) is 0 Å². The molecular weight excluding hydrogens is 254 g/mol. The molecule has 0 saturated carbocycles. The molecule has 20 heavy (non-hydrogen) atoms. The topological polar surface area (TPSA) is 53.7 Å². The lowest BCUT2D eigenvalue weighted by Crippen LogP contribution is -2.18. The van der Waals surface area contributed by atoms with E-state index in [0.717, 1.165) is 42.9 Å². The summed E-state index contributed by atoms with van der Waals surface area (Å²) >= 11 is 0. The predicted octanol–water partition coefficient (Wildman–Crippen LogP) is 2.66. The molecule has 0 spiro atoms. The Hall–Kier alpha value is -1.26.